The van der Waals surface area contributed by atoms with E-state index in [-0.39, 0.29) is 23.7 Å². The van der Waals surface area contributed by atoms with Crippen LogP contribution in [0.15, 0.2) is 54.6 Å². The second-order valence-electron chi connectivity index (χ2n) is 6.85. The van der Waals surface area contributed by atoms with Crippen LogP contribution in [-0.4, -0.2) is 47.8 Å². The van der Waals surface area contributed by atoms with Crippen molar-refractivity contribution in [3.63, 3.8) is 0 Å². The summed E-state index contributed by atoms with van der Waals surface area (Å²) in [5.41, 5.74) is 1.71. The Bertz CT molecular complexity index is 788. The van der Waals surface area contributed by atoms with Crippen LogP contribution in [0.2, 0.25) is 5.02 Å². The van der Waals surface area contributed by atoms with Crippen LogP contribution < -0.4 is 0 Å². The molecule has 2 aromatic rings. The van der Waals surface area contributed by atoms with Gasteiger partial charge in [-0.05, 0) is 43.7 Å². The highest BCUT2D eigenvalue weighted by molar-refractivity contribution is 6.30. The van der Waals surface area contributed by atoms with Crippen LogP contribution in [0, 0.1) is 5.92 Å². The molecule has 5 heteroatoms. The van der Waals surface area contributed by atoms with Crippen molar-refractivity contribution in [3.8, 4) is 0 Å². The third kappa shape index (κ3) is 4.16. The summed E-state index contributed by atoms with van der Waals surface area (Å²) >= 11 is 5.94. The normalized spacial score (nSPS) is 19.1. The molecule has 142 valence electrons. The lowest BCUT2D eigenvalue weighted by atomic mass is 9.88. The molecule has 1 heterocycles. The van der Waals surface area contributed by atoms with Gasteiger partial charge in [0, 0.05) is 42.7 Å². The van der Waals surface area contributed by atoms with E-state index in [1.807, 2.05) is 49.1 Å². The lowest BCUT2D eigenvalue weighted by Crippen LogP contribution is -2.39. The van der Waals surface area contributed by atoms with Gasteiger partial charge in [0.05, 0.1) is 5.92 Å². The van der Waals surface area contributed by atoms with Crippen molar-refractivity contribution < 1.29 is 9.59 Å². The maximum atomic E-state index is 13.1. The molecule has 0 aliphatic carbocycles. The average Bonchev–Trinajstić information content (AvgIpc) is 3.15. The van der Waals surface area contributed by atoms with Crippen LogP contribution in [0.5, 0.6) is 0 Å². The van der Waals surface area contributed by atoms with Crippen molar-refractivity contribution in [2.45, 2.75) is 19.8 Å². The van der Waals surface area contributed by atoms with E-state index in [2.05, 4.69) is 0 Å². The third-order valence-electron chi connectivity index (χ3n) is 5.32. The van der Waals surface area contributed by atoms with E-state index < -0.39 is 0 Å². The van der Waals surface area contributed by atoms with Crippen molar-refractivity contribution in [2.24, 2.45) is 5.92 Å². The second-order valence-corrected chi connectivity index (χ2v) is 7.29. The zero-order chi connectivity index (χ0) is 19.4. The molecule has 0 saturated carbocycles. The van der Waals surface area contributed by atoms with Gasteiger partial charge in [0.1, 0.15) is 0 Å². The van der Waals surface area contributed by atoms with Gasteiger partial charge < -0.3 is 9.80 Å². The highest BCUT2D eigenvalue weighted by atomic mass is 35.5. The number of amides is 2. The van der Waals surface area contributed by atoms with E-state index in [0.29, 0.717) is 36.8 Å². The first-order valence-corrected chi connectivity index (χ1v) is 9.81. The van der Waals surface area contributed by atoms with Gasteiger partial charge in [-0.25, -0.2) is 0 Å². The Hall–Kier alpha value is -2.33. The van der Waals surface area contributed by atoms with Gasteiger partial charge in [-0.2, -0.15) is 0 Å². The largest absolute Gasteiger partial charge is 0.343 e. The van der Waals surface area contributed by atoms with Crippen molar-refractivity contribution in [1.82, 2.24) is 9.80 Å². The van der Waals surface area contributed by atoms with Crippen LogP contribution in [0.4, 0.5) is 0 Å². The number of carbonyl (C=O) groups is 2. The average molecular weight is 385 g/mol. The minimum absolute atomic E-state index is 0.00977. The monoisotopic (exact) mass is 384 g/mol. The van der Waals surface area contributed by atoms with E-state index in [0.717, 1.165) is 5.56 Å². The molecule has 4 nitrogen and oxygen atoms in total. The lowest BCUT2D eigenvalue weighted by molar-refractivity contribution is -0.135. The van der Waals surface area contributed by atoms with Crippen LogP contribution in [0.1, 0.15) is 35.7 Å². The fourth-order valence-electron chi connectivity index (χ4n) is 3.80. The molecule has 0 spiro atoms. The van der Waals surface area contributed by atoms with Gasteiger partial charge in [0.15, 0.2) is 0 Å². The number of hydrogen-bond acceptors (Lipinski definition) is 2. The van der Waals surface area contributed by atoms with E-state index in [1.54, 1.807) is 29.2 Å². The molecule has 0 radical (unpaired) electrons. The van der Waals surface area contributed by atoms with Gasteiger partial charge in [-0.3, -0.25) is 9.59 Å². The van der Waals surface area contributed by atoms with Crippen LogP contribution in [-0.2, 0) is 4.79 Å². The Balaban J connectivity index is 1.87. The van der Waals surface area contributed by atoms with Gasteiger partial charge >= 0.3 is 0 Å². The summed E-state index contributed by atoms with van der Waals surface area (Å²) in [6.45, 7) is 6.32. The fraction of sp³-hybridized carbons (Fsp3) is 0.364. The molecule has 2 atom stereocenters. The maximum Gasteiger partial charge on any atom is 0.253 e. The summed E-state index contributed by atoms with van der Waals surface area (Å²) in [5.74, 6) is -0.137. The minimum atomic E-state index is -0.219. The first-order valence-electron chi connectivity index (χ1n) is 9.43. The minimum Gasteiger partial charge on any atom is -0.343 e. The standard InChI is InChI=1S/C22H25ClN2O2/c1-3-24(4-2)22(27)20-15-25(14-19(20)16-8-6-5-7-9-16)21(26)17-10-12-18(23)13-11-17/h5-13,19-20H,3-4,14-15H2,1-2H3/t19-,20-/m1/s1. The van der Waals surface area contributed by atoms with Gasteiger partial charge in [-0.15, -0.1) is 0 Å². The smallest absolute Gasteiger partial charge is 0.253 e. The summed E-state index contributed by atoms with van der Waals surface area (Å²) < 4.78 is 0. The van der Waals surface area contributed by atoms with E-state index >= 15 is 0 Å². The molecule has 0 unspecified atom stereocenters. The highest BCUT2D eigenvalue weighted by Gasteiger charge is 2.41. The summed E-state index contributed by atoms with van der Waals surface area (Å²) in [5, 5.41) is 0.602. The Labute approximate surface area is 165 Å². The van der Waals surface area contributed by atoms with Crippen molar-refractivity contribution >= 4 is 23.4 Å². The Morgan fingerprint density at radius 1 is 1.00 bits per heavy atom. The predicted molar refractivity (Wildman–Crippen MR) is 108 cm³/mol. The quantitative estimate of drug-likeness (QED) is 0.779. The zero-order valence-corrected chi connectivity index (χ0v) is 16.5. The molecule has 27 heavy (non-hydrogen) atoms. The summed E-state index contributed by atoms with van der Waals surface area (Å²) in [6.07, 6.45) is 0. The Kier molecular flexibility index (Phi) is 6.17. The molecule has 2 aromatic carbocycles. The van der Waals surface area contributed by atoms with Gasteiger partial charge in [-0.1, -0.05) is 41.9 Å². The van der Waals surface area contributed by atoms with Crippen molar-refractivity contribution in [1.29, 1.82) is 0 Å². The van der Waals surface area contributed by atoms with Gasteiger partial charge in [0.2, 0.25) is 5.91 Å². The van der Waals surface area contributed by atoms with Gasteiger partial charge in [0.25, 0.3) is 5.91 Å². The molecule has 1 saturated heterocycles. The molecule has 0 bridgehead atoms. The first-order chi connectivity index (χ1) is 13.0. The lowest BCUT2D eigenvalue weighted by Gasteiger charge is -2.25. The van der Waals surface area contributed by atoms with Crippen LogP contribution >= 0.6 is 11.6 Å². The highest BCUT2D eigenvalue weighted by Crippen LogP contribution is 2.34. The molecule has 0 aromatic heterocycles. The van der Waals surface area contributed by atoms with E-state index in [1.165, 1.54) is 0 Å². The summed E-state index contributed by atoms with van der Waals surface area (Å²) in [6, 6.07) is 16.9. The molecular formula is C22H25ClN2O2. The zero-order valence-electron chi connectivity index (χ0n) is 15.8. The number of hydrogen-bond donors (Lipinski definition) is 0. The molecule has 1 aliphatic heterocycles. The molecule has 2 amide bonds. The predicted octanol–water partition coefficient (Wildman–Crippen LogP) is 4.06. The van der Waals surface area contributed by atoms with E-state index in [4.69, 9.17) is 11.6 Å². The number of nitrogens with zero attached hydrogens (tertiary/aromatic N) is 2. The third-order valence-corrected chi connectivity index (χ3v) is 5.57. The maximum absolute atomic E-state index is 13.1. The van der Waals surface area contributed by atoms with Crippen LogP contribution in [0.3, 0.4) is 0 Å². The second kappa shape index (κ2) is 8.57. The number of benzene rings is 2. The molecule has 1 aliphatic rings. The number of rotatable bonds is 5. The fourth-order valence-corrected chi connectivity index (χ4v) is 3.93. The van der Waals surface area contributed by atoms with Crippen LogP contribution in [0.25, 0.3) is 0 Å². The number of carbonyl (C=O) groups excluding carboxylic acids is 2. The van der Waals surface area contributed by atoms with E-state index in [9.17, 15) is 9.59 Å². The molecule has 1 fully saturated rings. The Morgan fingerprint density at radius 2 is 1.63 bits per heavy atom. The molecule has 3 rings (SSSR count). The summed E-state index contributed by atoms with van der Waals surface area (Å²) in [7, 11) is 0. The first kappa shape index (κ1) is 19.4. The SMILES string of the molecule is CCN(CC)C(=O)[C@@H]1CN(C(=O)c2ccc(Cl)cc2)C[C@@H]1c1ccccc1. The van der Waals surface area contributed by atoms with Crippen molar-refractivity contribution in [3.05, 3.63) is 70.7 Å². The molecular weight excluding hydrogens is 360 g/mol. The number of halogens is 1. The Morgan fingerprint density at radius 3 is 2.22 bits per heavy atom. The number of likely N-dealkylation sites (tertiary alicyclic amines) is 1. The molecule has 0 N–H and O–H groups in total. The topological polar surface area (TPSA) is 40.6 Å². The van der Waals surface area contributed by atoms with Crippen molar-refractivity contribution in [2.75, 3.05) is 26.2 Å². The summed E-state index contributed by atoms with van der Waals surface area (Å²) in [4.78, 5) is 29.7.